The maximum atomic E-state index is 6.20. The minimum atomic E-state index is 0.429. The van der Waals surface area contributed by atoms with Crippen LogP contribution in [0.4, 0.5) is 5.69 Å². The third-order valence-electron chi connectivity index (χ3n) is 4.24. The summed E-state index contributed by atoms with van der Waals surface area (Å²) in [6.45, 7) is 7.04. The highest BCUT2D eigenvalue weighted by Gasteiger charge is 2.29. The third-order valence-corrected chi connectivity index (χ3v) is 4.80. The van der Waals surface area contributed by atoms with E-state index in [-0.39, 0.29) is 0 Å². The molecule has 3 heteroatoms. The molecule has 1 aliphatic rings. The second kappa shape index (κ2) is 5.93. The summed E-state index contributed by atoms with van der Waals surface area (Å²) in [6.07, 6.45) is 5.01. The zero-order valence-corrected chi connectivity index (χ0v) is 13.5. The smallest absolute Gasteiger partial charge is 0.0638 e. The summed E-state index contributed by atoms with van der Waals surface area (Å²) >= 11 is 12.2. The van der Waals surface area contributed by atoms with Crippen LogP contribution < -0.4 is 5.32 Å². The molecule has 1 saturated carbocycles. The SMILES string of the molecule is CC(C)(C)C1CCC(Nc2cc(Cl)ccc2Cl)CC1. The molecule has 0 spiro atoms. The molecule has 0 saturated heterocycles. The molecule has 0 heterocycles. The highest BCUT2D eigenvalue weighted by Crippen LogP contribution is 2.39. The van der Waals surface area contributed by atoms with Gasteiger partial charge in [-0.15, -0.1) is 0 Å². The number of hydrogen-bond acceptors (Lipinski definition) is 1. The quantitative estimate of drug-likeness (QED) is 0.705. The lowest BCUT2D eigenvalue weighted by atomic mass is 9.71. The van der Waals surface area contributed by atoms with Crippen molar-refractivity contribution in [1.29, 1.82) is 0 Å². The first kappa shape index (κ1) is 15.0. The van der Waals surface area contributed by atoms with Crippen LogP contribution in [0.3, 0.4) is 0 Å². The van der Waals surface area contributed by atoms with E-state index in [9.17, 15) is 0 Å². The van der Waals surface area contributed by atoms with Crippen molar-refractivity contribution in [3.05, 3.63) is 28.2 Å². The minimum Gasteiger partial charge on any atom is -0.381 e. The summed E-state index contributed by atoms with van der Waals surface area (Å²) in [5, 5.41) is 5.03. The molecule has 19 heavy (non-hydrogen) atoms. The summed E-state index contributed by atoms with van der Waals surface area (Å²) in [6, 6.07) is 6.12. The molecule has 0 radical (unpaired) electrons. The molecule has 1 nitrogen and oxygen atoms in total. The summed E-state index contributed by atoms with van der Waals surface area (Å²) in [5.74, 6) is 0.834. The van der Waals surface area contributed by atoms with Gasteiger partial charge in [0.1, 0.15) is 0 Å². The fourth-order valence-corrected chi connectivity index (χ4v) is 3.28. The minimum absolute atomic E-state index is 0.429. The highest BCUT2D eigenvalue weighted by molar-refractivity contribution is 6.35. The van der Waals surface area contributed by atoms with Crippen LogP contribution in [0.2, 0.25) is 10.0 Å². The second-order valence-corrected chi connectivity index (χ2v) is 7.53. The molecule has 0 bridgehead atoms. The van der Waals surface area contributed by atoms with Crippen molar-refractivity contribution in [3.63, 3.8) is 0 Å². The lowest BCUT2D eigenvalue weighted by Gasteiger charge is -2.37. The van der Waals surface area contributed by atoms with Gasteiger partial charge in [0.2, 0.25) is 0 Å². The Bertz CT molecular complexity index is 429. The van der Waals surface area contributed by atoms with Gasteiger partial charge in [0, 0.05) is 11.1 Å². The first-order valence-corrected chi connectivity index (χ1v) is 7.83. The first-order chi connectivity index (χ1) is 8.86. The van der Waals surface area contributed by atoms with E-state index in [2.05, 4.69) is 26.1 Å². The number of hydrogen-bond donors (Lipinski definition) is 1. The third kappa shape index (κ3) is 4.03. The summed E-state index contributed by atoms with van der Waals surface area (Å²) in [4.78, 5) is 0. The zero-order valence-electron chi connectivity index (χ0n) is 12.0. The Morgan fingerprint density at radius 2 is 1.68 bits per heavy atom. The molecule has 1 aromatic carbocycles. The molecule has 0 amide bonds. The van der Waals surface area contributed by atoms with Gasteiger partial charge < -0.3 is 5.32 Å². The summed E-state index contributed by atoms with van der Waals surface area (Å²) < 4.78 is 0. The van der Waals surface area contributed by atoms with Crippen LogP contribution in [0.1, 0.15) is 46.5 Å². The number of benzene rings is 1. The van der Waals surface area contributed by atoms with E-state index < -0.39 is 0 Å². The van der Waals surface area contributed by atoms with Crippen molar-refractivity contribution in [2.45, 2.75) is 52.5 Å². The van der Waals surface area contributed by atoms with Gasteiger partial charge in [-0.25, -0.2) is 0 Å². The van der Waals surface area contributed by atoms with Crippen molar-refractivity contribution in [1.82, 2.24) is 0 Å². The molecule has 1 aliphatic carbocycles. The van der Waals surface area contributed by atoms with E-state index in [4.69, 9.17) is 23.2 Å². The van der Waals surface area contributed by atoms with Crippen LogP contribution in [0.5, 0.6) is 0 Å². The molecular formula is C16H23Cl2N. The van der Waals surface area contributed by atoms with Gasteiger partial charge in [-0.2, -0.15) is 0 Å². The Morgan fingerprint density at radius 3 is 2.26 bits per heavy atom. The molecule has 0 atom stereocenters. The van der Waals surface area contributed by atoms with Crippen molar-refractivity contribution < 1.29 is 0 Å². The summed E-state index contributed by atoms with van der Waals surface area (Å²) in [5.41, 5.74) is 1.40. The van der Waals surface area contributed by atoms with E-state index in [1.54, 1.807) is 0 Å². The molecule has 1 N–H and O–H groups in total. The Morgan fingerprint density at radius 1 is 1.05 bits per heavy atom. The number of nitrogens with one attached hydrogen (secondary N) is 1. The Kier molecular flexibility index (Phi) is 4.68. The molecule has 1 fully saturated rings. The maximum absolute atomic E-state index is 6.20. The van der Waals surface area contributed by atoms with Crippen molar-refractivity contribution in [2.75, 3.05) is 5.32 Å². The van der Waals surface area contributed by atoms with E-state index in [0.29, 0.717) is 11.5 Å². The monoisotopic (exact) mass is 299 g/mol. The van der Waals surface area contributed by atoms with E-state index in [0.717, 1.165) is 21.7 Å². The van der Waals surface area contributed by atoms with Gasteiger partial charge in [-0.3, -0.25) is 0 Å². The molecule has 0 aliphatic heterocycles. The van der Waals surface area contributed by atoms with Gasteiger partial charge in [0.25, 0.3) is 0 Å². The maximum Gasteiger partial charge on any atom is 0.0638 e. The van der Waals surface area contributed by atoms with Crippen molar-refractivity contribution >= 4 is 28.9 Å². The normalized spacial score (nSPS) is 24.3. The van der Waals surface area contributed by atoms with E-state index in [1.165, 1.54) is 25.7 Å². The second-order valence-electron chi connectivity index (χ2n) is 6.68. The fourth-order valence-electron chi connectivity index (χ4n) is 2.93. The van der Waals surface area contributed by atoms with Gasteiger partial charge in [0.05, 0.1) is 10.7 Å². The molecular weight excluding hydrogens is 277 g/mol. The van der Waals surface area contributed by atoms with Crippen LogP contribution >= 0.6 is 23.2 Å². The van der Waals surface area contributed by atoms with Crippen LogP contribution in [0, 0.1) is 11.3 Å². The van der Waals surface area contributed by atoms with Crippen LogP contribution in [-0.4, -0.2) is 6.04 Å². The topological polar surface area (TPSA) is 12.0 Å². The Balaban J connectivity index is 1.94. The predicted octanol–water partition coefficient (Wildman–Crippen LogP) is 6.01. The van der Waals surface area contributed by atoms with Crippen LogP contribution in [0.25, 0.3) is 0 Å². The number of rotatable bonds is 2. The lowest BCUT2D eigenvalue weighted by molar-refractivity contribution is 0.173. The molecule has 1 aromatic rings. The van der Waals surface area contributed by atoms with Gasteiger partial charge in [-0.05, 0) is 55.2 Å². The number of halogens is 2. The van der Waals surface area contributed by atoms with Crippen molar-refractivity contribution in [3.8, 4) is 0 Å². The largest absolute Gasteiger partial charge is 0.381 e. The van der Waals surface area contributed by atoms with E-state index >= 15 is 0 Å². The molecule has 2 rings (SSSR count). The average molecular weight is 300 g/mol. The van der Waals surface area contributed by atoms with Gasteiger partial charge in [-0.1, -0.05) is 44.0 Å². The standard InChI is InChI=1S/C16H23Cl2N/c1-16(2,3)11-4-7-13(8-5-11)19-15-10-12(17)6-9-14(15)18/h6,9-11,13,19H,4-5,7-8H2,1-3H3. The number of anilines is 1. The first-order valence-electron chi connectivity index (χ1n) is 7.08. The highest BCUT2D eigenvalue weighted by atomic mass is 35.5. The van der Waals surface area contributed by atoms with Crippen LogP contribution in [0.15, 0.2) is 18.2 Å². The Hall–Kier alpha value is -0.400. The Labute approximate surface area is 126 Å². The van der Waals surface area contributed by atoms with Crippen LogP contribution in [-0.2, 0) is 0 Å². The zero-order chi connectivity index (χ0) is 14.0. The predicted molar refractivity (Wildman–Crippen MR) is 85.3 cm³/mol. The average Bonchev–Trinajstić information content (AvgIpc) is 2.33. The van der Waals surface area contributed by atoms with Crippen molar-refractivity contribution in [2.24, 2.45) is 11.3 Å². The lowest BCUT2D eigenvalue weighted by Crippen LogP contribution is -2.31. The molecule has 0 aromatic heterocycles. The summed E-state index contributed by atoms with van der Waals surface area (Å²) in [7, 11) is 0. The molecule has 106 valence electrons. The fraction of sp³-hybridized carbons (Fsp3) is 0.625. The van der Waals surface area contributed by atoms with Gasteiger partial charge >= 0.3 is 0 Å². The molecule has 0 unspecified atom stereocenters. The van der Waals surface area contributed by atoms with E-state index in [1.807, 2.05) is 18.2 Å². The van der Waals surface area contributed by atoms with Gasteiger partial charge in [0.15, 0.2) is 0 Å².